The van der Waals surface area contributed by atoms with Crippen molar-refractivity contribution in [3.63, 3.8) is 0 Å². The average Bonchev–Trinajstić information content (AvgIpc) is 2.29. The van der Waals surface area contributed by atoms with Gasteiger partial charge in [0, 0.05) is 29.9 Å². The molecule has 0 saturated heterocycles. The third kappa shape index (κ3) is 1.09. The number of hydrogen-bond acceptors (Lipinski definition) is 2. The SMILES string of the molecule is CC1=c2ccncc2=CN=C=C1. The molecule has 0 radical (unpaired) electrons. The highest BCUT2D eigenvalue weighted by Crippen LogP contribution is 1.89. The smallest absolute Gasteiger partial charge is 0.0462 e. The molecule has 1 aliphatic heterocycles. The van der Waals surface area contributed by atoms with Gasteiger partial charge in [0.05, 0.1) is 0 Å². The van der Waals surface area contributed by atoms with Crippen molar-refractivity contribution in [3.8, 4) is 0 Å². The van der Waals surface area contributed by atoms with E-state index in [4.69, 9.17) is 0 Å². The molecule has 2 heteroatoms. The Bertz CT molecular complexity index is 477. The average molecular weight is 156 g/mol. The van der Waals surface area contributed by atoms with E-state index >= 15 is 0 Å². The standard InChI is InChI=1S/C10H8N2/c1-8-2-4-11-6-9-7-12-5-3-10(8)9/h2-3,5-7H,1H3. The van der Waals surface area contributed by atoms with Crippen LogP contribution in [0.4, 0.5) is 0 Å². The van der Waals surface area contributed by atoms with Gasteiger partial charge in [0.2, 0.25) is 0 Å². The predicted octanol–water partition coefficient (Wildman–Crippen LogP) is 0.230. The van der Waals surface area contributed by atoms with E-state index in [1.807, 2.05) is 25.3 Å². The molecule has 1 aromatic rings. The van der Waals surface area contributed by atoms with Crippen LogP contribution in [0.15, 0.2) is 29.5 Å². The van der Waals surface area contributed by atoms with Crippen molar-refractivity contribution in [2.24, 2.45) is 4.99 Å². The summed E-state index contributed by atoms with van der Waals surface area (Å²) in [6.07, 6.45) is 7.25. The maximum absolute atomic E-state index is 4.03. The van der Waals surface area contributed by atoms with Gasteiger partial charge in [-0.15, -0.1) is 0 Å². The summed E-state index contributed by atoms with van der Waals surface area (Å²) in [5.74, 6) is 2.82. The lowest BCUT2D eigenvalue weighted by Crippen LogP contribution is -2.25. The van der Waals surface area contributed by atoms with Crippen LogP contribution in [0, 0.1) is 0 Å². The Kier molecular flexibility index (Phi) is 1.61. The molecule has 2 rings (SSSR count). The van der Waals surface area contributed by atoms with Gasteiger partial charge in [-0.3, -0.25) is 4.98 Å². The van der Waals surface area contributed by atoms with Gasteiger partial charge in [0.15, 0.2) is 0 Å². The van der Waals surface area contributed by atoms with Crippen molar-refractivity contribution >= 4 is 17.6 Å². The van der Waals surface area contributed by atoms with Crippen LogP contribution in [0.5, 0.6) is 0 Å². The molecule has 0 saturated carbocycles. The summed E-state index contributed by atoms with van der Waals surface area (Å²) in [5.41, 5.74) is 1.17. The highest BCUT2D eigenvalue weighted by molar-refractivity contribution is 5.73. The van der Waals surface area contributed by atoms with E-state index < -0.39 is 0 Å². The third-order valence-electron chi connectivity index (χ3n) is 1.84. The molecular weight excluding hydrogens is 148 g/mol. The maximum atomic E-state index is 4.03. The molecule has 0 aromatic carbocycles. The highest BCUT2D eigenvalue weighted by atomic mass is 14.7. The zero-order valence-corrected chi connectivity index (χ0v) is 6.78. The summed E-state index contributed by atoms with van der Waals surface area (Å²) in [6, 6.07) is 1.99. The first-order valence-electron chi connectivity index (χ1n) is 3.77. The molecule has 0 unspecified atom stereocenters. The van der Waals surface area contributed by atoms with Gasteiger partial charge < -0.3 is 0 Å². The normalized spacial score (nSPS) is 13.6. The second-order valence-electron chi connectivity index (χ2n) is 2.68. The molecule has 0 bridgehead atoms. The lowest BCUT2D eigenvalue weighted by atomic mass is 10.2. The number of hydrogen-bond donors (Lipinski definition) is 0. The quantitative estimate of drug-likeness (QED) is 0.528. The molecular formula is C10H8N2. The fourth-order valence-corrected chi connectivity index (χ4v) is 1.19. The van der Waals surface area contributed by atoms with Gasteiger partial charge >= 0.3 is 0 Å². The minimum atomic E-state index is 1.05. The second-order valence-corrected chi connectivity index (χ2v) is 2.68. The largest absolute Gasteiger partial charge is 0.264 e. The molecule has 2 nitrogen and oxygen atoms in total. The van der Waals surface area contributed by atoms with Crippen molar-refractivity contribution in [3.05, 3.63) is 35.0 Å². The van der Waals surface area contributed by atoms with Gasteiger partial charge in [-0.05, 0) is 29.7 Å². The summed E-state index contributed by atoms with van der Waals surface area (Å²) < 4.78 is 0. The molecule has 58 valence electrons. The maximum Gasteiger partial charge on any atom is 0.0462 e. The van der Waals surface area contributed by atoms with Crippen LogP contribution in [-0.2, 0) is 0 Å². The topological polar surface area (TPSA) is 25.2 Å². The van der Waals surface area contributed by atoms with Crippen molar-refractivity contribution < 1.29 is 0 Å². The second kappa shape index (κ2) is 2.76. The first kappa shape index (κ1) is 7.01. The fourth-order valence-electron chi connectivity index (χ4n) is 1.19. The van der Waals surface area contributed by atoms with Crippen molar-refractivity contribution in [1.82, 2.24) is 4.98 Å². The molecule has 0 spiro atoms. The van der Waals surface area contributed by atoms with Crippen LogP contribution in [0.3, 0.4) is 0 Å². The summed E-state index contributed by atoms with van der Waals surface area (Å²) in [4.78, 5) is 8.00. The zero-order chi connectivity index (χ0) is 8.39. The molecule has 2 heterocycles. The Balaban J connectivity index is 2.98. The minimum absolute atomic E-state index is 1.05. The summed E-state index contributed by atoms with van der Waals surface area (Å²) >= 11 is 0. The number of aliphatic imine (C=N–C) groups is 1. The summed E-state index contributed by atoms with van der Waals surface area (Å²) in [6.45, 7) is 2.04. The Labute approximate surface area is 70.3 Å². The van der Waals surface area contributed by atoms with Crippen molar-refractivity contribution in [1.29, 1.82) is 0 Å². The molecule has 0 fully saturated rings. The van der Waals surface area contributed by atoms with Crippen LogP contribution >= 0.6 is 0 Å². The van der Waals surface area contributed by atoms with Crippen LogP contribution in [0.2, 0.25) is 0 Å². The summed E-state index contributed by atoms with van der Waals surface area (Å²) in [5, 5.41) is 2.23. The number of rotatable bonds is 0. The van der Waals surface area contributed by atoms with E-state index in [-0.39, 0.29) is 0 Å². The molecule has 1 aromatic heterocycles. The number of fused-ring (bicyclic) bond motifs is 1. The first-order chi connectivity index (χ1) is 5.88. The van der Waals surface area contributed by atoms with E-state index in [2.05, 4.69) is 15.8 Å². The molecule has 0 amide bonds. The van der Waals surface area contributed by atoms with Crippen LogP contribution < -0.4 is 10.4 Å². The molecule has 1 aliphatic rings. The Hall–Kier alpha value is -1.66. The van der Waals surface area contributed by atoms with Crippen molar-refractivity contribution in [2.45, 2.75) is 6.92 Å². The lowest BCUT2D eigenvalue weighted by Gasteiger charge is -1.89. The van der Waals surface area contributed by atoms with Gasteiger partial charge in [0.25, 0.3) is 0 Å². The van der Waals surface area contributed by atoms with E-state index in [1.165, 1.54) is 10.8 Å². The molecule has 12 heavy (non-hydrogen) atoms. The number of pyridine rings is 1. The van der Waals surface area contributed by atoms with E-state index in [1.54, 1.807) is 12.4 Å². The van der Waals surface area contributed by atoms with E-state index in [0.717, 1.165) is 5.22 Å². The minimum Gasteiger partial charge on any atom is -0.264 e. The Morgan fingerprint density at radius 3 is 3.25 bits per heavy atom. The number of nitrogens with zero attached hydrogens (tertiary/aromatic N) is 2. The van der Waals surface area contributed by atoms with Gasteiger partial charge in [-0.2, -0.15) is 0 Å². The zero-order valence-electron chi connectivity index (χ0n) is 6.78. The lowest BCUT2D eigenvalue weighted by molar-refractivity contribution is 1.26. The van der Waals surface area contributed by atoms with E-state index in [0.29, 0.717) is 0 Å². The van der Waals surface area contributed by atoms with Crippen LogP contribution in [0.25, 0.3) is 11.8 Å². The Morgan fingerprint density at radius 1 is 1.42 bits per heavy atom. The monoisotopic (exact) mass is 156 g/mol. The van der Waals surface area contributed by atoms with E-state index in [9.17, 15) is 0 Å². The fraction of sp³-hybridized carbons (Fsp3) is 0.100. The van der Waals surface area contributed by atoms with Crippen LogP contribution in [0.1, 0.15) is 6.92 Å². The summed E-state index contributed by atoms with van der Waals surface area (Å²) in [7, 11) is 0. The Morgan fingerprint density at radius 2 is 2.33 bits per heavy atom. The molecule has 0 aliphatic carbocycles. The molecule has 0 N–H and O–H groups in total. The highest BCUT2D eigenvalue weighted by Gasteiger charge is 1.90. The number of aromatic nitrogens is 1. The third-order valence-corrected chi connectivity index (χ3v) is 1.84. The van der Waals surface area contributed by atoms with Gasteiger partial charge in [0.1, 0.15) is 0 Å². The molecule has 0 atom stereocenters. The van der Waals surface area contributed by atoms with Gasteiger partial charge in [-0.25, -0.2) is 4.99 Å². The first-order valence-corrected chi connectivity index (χ1v) is 3.77. The van der Waals surface area contributed by atoms with Crippen LogP contribution in [-0.4, -0.2) is 10.9 Å². The van der Waals surface area contributed by atoms with Crippen molar-refractivity contribution in [2.75, 3.05) is 0 Å². The van der Waals surface area contributed by atoms with Gasteiger partial charge in [-0.1, -0.05) is 0 Å². The number of allylic oxidation sites excluding steroid dienone is 1. The predicted molar refractivity (Wildman–Crippen MR) is 49.0 cm³/mol.